The standard InChI is InChI=1S/C21H22FNO6/c1-13(20(24)23-8-7-14-3-5-16(22)6-4-14)29-21(25)15-11-17(26-2)19-18(12-15)27-9-10-28-19/h3-6,11-13H,7-10H2,1-2H3,(H,23,24)/t13-/m0/s1. The van der Waals surface area contributed by atoms with Crippen molar-refractivity contribution in [1.29, 1.82) is 0 Å². The van der Waals surface area contributed by atoms with Crippen LogP contribution in [0.5, 0.6) is 17.2 Å². The molecule has 8 heteroatoms. The van der Waals surface area contributed by atoms with Gasteiger partial charge in [0.25, 0.3) is 5.91 Å². The van der Waals surface area contributed by atoms with Crippen molar-refractivity contribution in [1.82, 2.24) is 5.32 Å². The minimum Gasteiger partial charge on any atom is -0.493 e. The van der Waals surface area contributed by atoms with Crippen molar-refractivity contribution in [2.24, 2.45) is 0 Å². The zero-order valence-corrected chi connectivity index (χ0v) is 16.2. The fourth-order valence-corrected chi connectivity index (χ4v) is 2.80. The molecule has 1 heterocycles. The summed E-state index contributed by atoms with van der Waals surface area (Å²) in [7, 11) is 1.46. The molecule has 1 aliphatic rings. The van der Waals surface area contributed by atoms with E-state index in [-0.39, 0.29) is 11.4 Å². The number of nitrogens with one attached hydrogen (secondary N) is 1. The molecule has 1 N–H and O–H groups in total. The predicted octanol–water partition coefficient (Wildman–Crippen LogP) is 2.51. The highest BCUT2D eigenvalue weighted by molar-refractivity contribution is 5.93. The Morgan fingerprint density at radius 2 is 1.90 bits per heavy atom. The Morgan fingerprint density at radius 3 is 2.62 bits per heavy atom. The van der Waals surface area contributed by atoms with E-state index in [1.807, 2.05) is 0 Å². The quantitative estimate of drug-likeness (QED) is 0.716. The topological polar surface area (TPSA) is 83.1 Å². The number of benzene rings is 2. The molecule has 0 bridgehead atoms. The van der Waals surface area contributed by atoms with Crippen molar-refractivity contribution >= 4 is 11.9 Å². The van der Waals surface area contributed by atoms with Crippen molar-refractivity contribution in [3.63, 3.8) is 0 Å². The number of rotatable bonds is 7. The van der Waals surface area contributed by atoms with Crippen LogP contribution in [0.15, 0.2) is 36.4 Å². The minimum atomic E-state index is -0.991. The number of ether oxygens (including phenoxy) is 4. The molecule has 0 spiro atoms. The Morgan fingerprint density at radius 1 is 1.17 bits per heavy atom. The first-order valence-corrected chi connectivity index (χ1v) is 9.18. The summed E-state index contributed by atoms with van der Waals surface area (Å²) < 4.78 is 34.4. The second-order valence-electron chi connectivity index (χ2n) is 6.42. The first kappa shape index (κ1) is 20.4. The van der Waals surface area contributed by atoms with Gasteiger partial charge in [-0.2, -0.15) is 0 Å². The predicted molar refractivity (Wildman–Crippen MR) is 102 cm³/mol. The van der Waals surface area contributed by atoms with Crippen LogP contribution >= 0.6 is 0 Å². The summed E-state index contributed by atoms with van der Waals surface area (Å²) in [5.41, 5.74) is 1.08. The van der Waals surface area contributed by atoms with E-state index in [0.717, 1.165) is 5.56 Å². The highest BCUT2D eigenvalue weighted by atomic mass is 19.1. The van der Waals surface area contributed by atoms with Crippen LogP contribution < -0.4 is 19.5 Å². The highest BCUT2D eigenvalue weighted by Gasteiger charge is 2.24. The molecule has 29 heavy (non-hydrogen) atoms. The Labute approximate surface area is 167 Å². The average Bonchev–Trinajstić information content (AvgIpc) is 2.74. The SMILES string of the molecule is COc1cc(C(=O)O[C@@H](C)C(=O)NCCc2ccc(F)cc2)cc2c1OCCO2. The molecule has 0 radical (unpaired) electrons. The lowest BCUT2D eigenvalue weighted by Crippen LogP contribution is -2.36. The largest absolute Gasteiger partial charge is 0.493 e. The molecule has 1 aliphatic heterocycles. The number of hydrogen-bond acceptors (Lipinski definition) is 6. The van der Waals surface area contributed by atoms with E-state index >= 15 is 0 Å². The number of esters is 1. The molecule has 1 amide bonds. The van der Waals surface area contributed by atoms with Gasteiger partial charge in [0, 0.05) is 6.54 Å². The van der Waals surface area contributed by atoms with Crippen molar-refractivity contribution in [3.8, 4) is 17.2 Å². The first-order chi connectivity index (χ1) is 14.0. The summed E-state index contributed by atoms with van der Waals surface area (Å²) in [5.74, 6) is -0.244. The van der Waals surface area contributed by atoms with E-state index in [2.05, 4.69) is 5.32 Å². The van der Waals surface area contributed by atoms with E-state index in [1.165, 1.54) is 38.3 Å². The monoisotopic (exact) mass is 403 g/mol. The molecule has 7 nitrogen and oxygen atoms in total. The molecule has 0 fully saturated rings. The molecular formula is C21H22FNO6. The van der Waals surface area contributed by atoms with Crippen LogP contribution in [-0.2, 0) is 16.0 Å². The fraction of sp³-hybridized carbons (Fsp3) is 0.333. The van der Waals surface area contributed by atoms with Crippen molar-refractivity contribution < 1.29 is 32.9 Å². The van der Waals surface area contributed by atoms with Crippen LogP contribution in [0.1, 0.15) is 22.8 Å². The lowest BCUT2D eigenvalue weighted by Gasteiger charge is -2.21. The molecule has 0 aromatic heterocycles. The molecule has 0 saturated carbocycles. The first-order valence-electron chi connectivity index (χ1n) is 9.18. The molecule has 0 saturated heterocycles. The van der Waals surface area contributed by atoms with Crippen LogP contribution in [0.25, 0.3) is 0 Å². The lowest BCUT2D eigenvalue weighted by molar-refractivity contribution is -0.129. The van der Waals surface area contributed by atoms with E-state index in [1.54, 1.807) is 12.1 Å². The van der Waals surface area contributed by atoms with Gasteiger partial charge in [-0.05, 0) is 43.2 Å². The van der Waals surface area contributed by atoms with E-state index in [4.69, 9.17) is 18.9 Å². The molecule has 0 unspecified atom stereocenters. The van der Waals surface area contributed by atoms with Gasteiger partial charge in [-0.3, -0.25) is 4.79 Å². The Balaban J connectivity index is 1.55. The van der Waals surface area contributed by atoms with Crippen molar-refractivity contribution in [2.75, 3.05) is 26.9 Å². The number of halogens is 1. The van der Waals surface area contributed by atoms with Crippen LogP contribution in [0.2, 0.25) is 0 Å². The Bertz CT molecular complexity index is 866. The third-order valence-electron chi connectivity index (χ3n) is 4.34. The lowest BCUT2D eigenvalue weighted by atomic mass is 10.1. The fourth-order valence-electron chi connectivity index (χ4n) is 2.80. The van der Waals surface area contributed by atoms with Crippen LogP contribution in [0.4, 0.5) is 4.39 Å². The van der Waals surface area contributed by atoms with E-state index < -0.39 is 18.0 Å². The van der Waals surface area contributed by atoms with Gasteiger partial charge in [0.05, 0.1) is 12.7 Å². The Hall–Kier alpha value is -3.29. The van der Waals surface area contributed by atoms with Crippen LogP contribution in [0, 0.1) is 5.82 Å². The Kier molecular flexibility index (Phi) is 6.54. The summed E-state index contributed by atoms with van der Waals surface area (Å²) >= 11 is 0. The van der Waals surface area contributed by atoms with Gasteiger partial charge < -0.3 is 24.3 Å². The third kappa shape index (κ3) is 5.16. The van der Waals surface area contributed by atoms with Gasteiger partial charge in [0.1, 0.15) is 19.0 Å². The summed E-state index contributed by atoms with van der Waals surface area (Å²) in [6, 6.07) is 9.01. The summed E-state index contributed by atoms with van der Waals surface area (Å²) in [5, 5.41) is 2.70. The minimum absolute atomic E-state index is 0.192. The molecule has 2 aromatic carbocycles. The zero-order valence-electron chi connectivity index (χ0n) is 16.2. The zero-order chi connectivity index (χ0) is 20.8. The maximum Gasteiger partial charge on any atom is 0.339 e. The maximum atomic E-state index is 12.9. The smallest absolute Gasteiger partial charge is 0.339 e. The summed E-state index contributed by atoms with van der Waals surface area (Å²) in [6.45, 7) is 2.58. The second kappa shape index (κ2) is 9.27. The second-order valence-corrected chi connectivity index (χ2v) is 6.42. The summed E-state index contributed by atoms with van der Waals surface area (Å²) in [6.07, 6.45) is -0.457. The number of methoxy groups -OCH3 is 1. The number of hydrogen-bond donors (Lipinski definition) is 1. The van der Waals surface area contributed by atoms with Crippen molar-refractivity contribution in [3.05, 3.63) is 53.3 Å². The number of carbonyl (C=O) groups excluding carboxylic acids is 2. The van der Waals surface area contributed by atoms with Gasteiger partial charge in [-0.1, -0.05) is 12.1 Å². The van der Waals surface area contributed by atoms with Gasteiger partial charge in [0.2, 0.25) is 5.75 Å². The molecule has 0 aliphatic carbocycles. The van der Waals surface area contributed by atoms with E-state index in [0.29, 0.717) is 43.4 Å². The van der Waals surface area contributed by atoms with Gasteiger partial charge >= 0.3 is 5.97 Å². The van der Waals surface area contributed by atoms with Crippen LogP contribution in [-0.4, -0.2) is 44.8 Å². The van der Waals surface area contributed by atoms with Crippen LogP contribution in [0.3, 0.4) is 0 Å². The maximum absolute atomic E-state index is 12.9. The highest BCUT2D eigenvalue weighted by Crippen LogP contribution is 2.40. The number of carbonyl (C=O) groups is 2. The van der Waals surface area contributed by atoms with Gasteiger partial charge in [0.15, 0.2) is 17.6 Å². The molecule has 3 rings (SSSR count). The molecular weight excluding hydrogens is 381 g/mol. The molecule has 154 valence electrons. The number of amides is 1. The summed E-state index contributed by atoms with van der Waals surface area (Å²) in [4.78, 5) is 24.6. The van der Waals surface area contributed by atoms with Gasteiger partial charge in [-0.15, -0.1) is 0 Å². The number of fused-ring (bicyclic) bond motifs is 1. The molecule has 1 atom stereocenters. The van der Waals surface area contributed by atoms with Gasteiger partial charge in [-0.25, -0.2) is 9.18 Å². The molecule has 2 aromatic rings. The van der Waals surface area contributed by atoms with Crippen molar-refractivity contribution in [2.45, 2.75) is 19.4 Å². The van der Waals surface area contributed by atoms with E-state index in [9.17, 15) is 14.0 Å². The normalized spacial score (nSPS) is 13.3. The third-order valence-corrected chi connectivity index (χ3v) is 4.34. The average molecular weight is 403 g/mol.